The van der Waals surface area contributed by atoms with Gasteiger partial charge in [0.1, 0.15) is 4.32 Å². The van der Waals surface area contributed by atoms with Crippen LogP contribution < -0.4 is 14.8 Å². The van der Waals surface area contributed by atoms with Crippen LogP contribution in [0.2, 0.25) is 5.02 Å². The number of nitrogens with one attached hydrogen (secondary N) is 1. The minimum absolute atomic E-state index is 0.111. The number of benzene rings is 2. The summed E-state index contributed by atoms with van der Waals surface area (Å²) in [7, 11) is 0. The molecule has 1 saturated heterocycles. The minimum atomic E-state index is -0.229. The molecule has 9 heteroatoms. The molecule has 4 rings (SSSR count). The van der Waals surface area contributed by atoms with E-state index in [1.165, 1.54) is 16.7 Å². The van der Waals surface area contributed by atoms with Crippen LogP contribution in [0.1, 0.15) is 12.0 Å². The quantitative estimate of drug-likeness (QED) is 0.545. The average molecular weight is 447 g/mol. The summed E-state index contributed by atoms with van der Waals surface area (Å²) in [5.74, 6) is 0.777. The van der Waals surface area contributed by atoms with Gasteiger partial charge >= 0.3 is 0 Å². The van der Waals surface area contributed by atoms with E-state index in [0.29, 0.717) is 31.4 Å². The van der Waals surface area contributed by atoms with Crippen molar-refractivity contribution in [1.29, 1.82) is 0 Å². The van der Waals surface area contributed by atoms with Gasteiger partial charge in [0.15, 0.2) is 11.5 Å². The highest BCUT2D eigenvalue weighted by molar-refractivity contribution is 8.26. The standard InChI is InChI=1S/C20H15ClN2O4S2/c21-14-4-2-1-3-12(14)9-17-19(25)23(20(28)29-17)8-7-18(24)22-13-5-6-15-16(10-13)27-11-26-15/h1-6,9-10H,7-8,11H2,(H,22,24)/b17-9+. The Labute approximate surface area is 181 Å². The molecule has 0 aliphatic carbocycles. The van der Waals surface area contributed by atoms with Gasteiger partial charge in [-0.2, -0.15) is 0 Å². The molecule has 2 aromatic carbocycles. The van der Waals surface area contributed by atoms with Crippen molar-refractivity contribution in [3.63, 3.8) is 0 Å². The molecular formula is C20H15ClN2O4S2. The topological polar surface area (TPSA) is 67.9 Å². The Balaban J connectivity index is 1.37. The lowest BCUT2D eigenvalue weighted by Gasteiger charge is -2.14. The second kappa shape index (κ2) is 8.44. The summed E-state index contributed by atoms with van der Waals surface area (Å²) >= 11 is 12.7. The van der Waals surface area contributed by atoms with Crippen LogP contribution in [0.3, 0.4) is 0 Å². The second-order valence-corrected chi connectivity index (χ2v) is 8.30. The van der Waals surface area contributed by atoms with Crippen LogP contribution in [0.5, 0.6) is 11.5 Å². The van der Waals surface area contributed by atoms with Gasteiger partial charge in [-0.05, 0) is 29.8 Å². The Morgan fingerprint density at radius 2 is 2.03 bits per heavy atom. The van der Waals surface area contributed by atoms with Gasteiger partial charge in [0.2, 0.25) is 12.7 Å². The number of amides is 2. The van der Waals surface area contributed by atoms with E-state index >= 15 is 0 Å². The van der Waals surface area contributed by atoms with E-state index in [9.17, 15) is 9.59 Å². The number of halogens is 1. The van der Waals surface area contributed by atoms with Gasteiger partial charge in [0.05, 0.1) is 4.91 Å². The Morgan fingerprint density at radius 1 is 1.24 bits per heavy atom. The number of thioether (sulfide) groups is 1. The van der Waals surface area contributed by atoms with Gasteiger partial charge in [-0.15, -0.1) is 0 Å². The molecule has 6 nitrogen and oxygen atoms in total. The fraction of sp³-hybridized carbons (Fsp3) is 0.150. The monoisotopic (exact) mass is 446 g/mol. The largest absolute Gasteiger partial charge is 0.454 e. The molecule has 2 aliphatic heterocycles. The zero-order valence-corrected chi connectivity index (χ0v) is 17.4. The van der Waals surface area contributed by atoms with Crippen molar-refractivity contribution in [3.05, 3.63) is 58.0 Å². The van der Waals surface area contributed by atoms with Gasteiger partial charge < -0.3 is 14.8 Å². The highest BCUT2D eigenvalue weighted by atomic mass is 35.5. The summed E-state index contributed by atoms with van der Waals surface area (Å²) in [5.41, 5.74) is 1.35. The SMILES string of the molecule is O=C(CCN1C(=O)/C(=C\c2ccccc2Cl)SC1=S)Nc1ccc2c(c1)OCO2. The highest BCUT2D eigenvalue weighted by Gasteiger charge is 2.32. The molecule has 148 valence electrons. The number of fused-ring (bicyclic) bond motifs is 1. The summed E-state index contributed by atoms with van der Waals surface area (Å²) in [6.45, 7) is 0.365. The highest BCUT2D eigenvalue weighted by Crippen LogP contribution is 2.35. The van der Waals surface area contributed by atoms with Crippen molar-refractivity contribution >= 4 is 63.5 Å². The summed E-state index contributed by atoms with van der Waals surface area (Å²) in [6, 6.07) is 12.4. The Hall–Kier alpha value is -2.55. The maximum Gasteiger partial charge on any atom is 0.266 e. The molecule has 2 aromatic rings. The average Bonchev–Trinajstić information content (AvgIpc) is 3.26. The number of ether oxygens (including phenoxy) is 2. The number of nitrogens with zero attached hydrogens (tertiary/aromatic N) is 1. The van der Waals surface area contributed by atoms with E-state index < -0.39 is 0 Å². The zero-order valence-electron chi connectivity index (χ0n) is 15.0. The van der Waals surface area contributed by atoms with Crippen LogP contribution in [-0.2, 0) is 9.59 Å². The molecule has 0 aromatic heterocycles. The number of hydrogen-bond donors (Lipinski definition) is 1. The predicted molar refractivity (Wildman–Crippen MR) is 117 cm³/mol. The molecule has 2 aliphatic rings. The van der Waals surface area contributed by atoms with Crippen LogP contribution in [-0.4, -0.2) is 34.4 Å². The van der Waals surface area contributed by atoms with Gasteiger partial charge in [-0.25, -0.2) is 0 Å². The lowest BCUT2D eigenvalue weighted by atomic mass is 10.2. The van der Waals surface area contributed by atoms with Crippen molar-refractivity contribution in [2.45, 2.75) is 6.42 Å². The molecule has 0 atom stereocenters. The van der Waals surface area contributed by atoms with Crippen molar-refractivity contribution in [2.24, 2.45) is 0 Å². The third-order valence-corrected chi connectivity index (χ3v) is 6.01. The first-order chi connectivity index (χ1) is 14.0. The maximum absolute atomic E-state index is 12.7. The molecular weight excluding hydrogens is 432 g/mol. The van der Waals surface area contributed by atoms with E-state index in [2.05, 4.69) is 5.32 Å². The van der Waals surface area contributed by atoms with Crippen molar-refractivity contribution in [2.75, 3.05) is 18.7 Å². The smallest absolute Gasteiger partial charge is 0.266 e. The van der Waals surface area contributed by atoms with Crippen LogP contribution in [0, 0.1) is 0 Å². The van der Waals surface area contributed by atoms with Crippen molar-refractivity contribution in [3.8, 4) is 11.5 Å². The summed E-state index contributed by atoms with van der Waals surface area (Å²) in [4.78, 5) is 26.9. The number of carbonyl (C=O) groups is 2. The second-order valence-electron chi connectivity index (χ2n) is 6.22. The van der Waals surface area contributed by atoms with E-state index in [0.717, 1.165) is 5.56 Å². The Bertz CT molecular complexity index is 1040. The molecule has 29 heavy (non-hydrogen) atoms. The van der Waals surface area contributed by atoms with Crippen molar-refractivity contribution < 1.29 is 19.1 Å². The van der Waals surface area contributed by atoms with E-state index in [1.54, 1.807) is 30.3 Å². The minimum Gasteiger partial charge on any atom is -0.454 e. The van der Waals surface area contributed by atoms with Crippen LogP contribution in [0.25, 0.3) is 6.08 Å². The van der Waals surface area contributed by atoms with E-state index in [-0.39, 0.29) is 31.6 Å². The number of carbonyl (C=O) groups excluding carboxylic acids is 2. The van der Waals surface area contributed by atoms with Gasteiger partial charge in [-0.1, -0.05) is 53.8 Å². The third kappa shape index (κ3) is 4.39. The summed E-state index contributed by atoms with van der Waals surface area (Å²) in [6.07, 6.45) is 1.83. The fourth-order valence-corrected chi connectivity index (χ4v) is 4.33. The molecule has 0 saturated carbocycles. The normalized spacial score (nSPS) is 16.6. The first-order valence-corrected chi connectivity index (χ1v) is 10.3. The fourth-order valence-electron chi connectivity index (χ4n) is 2.84. The number of hydrogen-bond acceptors (Lipinski definition) is 6. The van der Waals surface area contributed by atoms with Gasteiger partial charge in [0, 0.05) is 29.7 Å². The molecule has 2 heterocycles. The Kier molecular flexibility index (Phi) is 5.75. The van der Waals surface area contributed by atoms with Crippen LogP contribution in [0.4, 0.5) is 5.69 Å². The zero-order chi connectivity index (χ0) is 20.4. The van der Waals surface area contributed by atoms with Gasteiger partial charge in [0.25, 0.3) is 5.91 Å². The lowest BCUT2D eigenvalue weighted by Crippen LogP contribution is -2.31. The Morgan fingerprint density at radius 3 is 2.86 bits per heavy atom. The molecule has 0 radical (unpaired) electrons. The maximum atomic E-state index is 12.7. The first kappa shape index (κ1) is 19.8. The van der Waals surface area contributed by atoms with E-state index in [4.69, 9.17) is 33.3 Å². The number of anilines is 1. The third-order valence-electron chi connectivity index (χ3n) is 4.28. The van der Waals surface area contributed by atoms with Crippen LogP contribution >= 0.6 is 35.6 Å². The van der Waals surface area contributed by atoms with E-state index in [1.807, 2.05) is 18.2 Å². The predicted octanol–water partition coefficient (Wildman–Crippen LogP) is 4.30. The summed E-state index contributed by atoms with van der Waals surface area (Å²) < 4.78 is 11.0. The van der Waals surface area contributed by atoms with Crippen molar-refractivity contribution in [1.82, 2.24) is 4.90 Å². The van der Waals surface area contributed by atoms with Gasteiger partial charge in [-0.3, -0.25) is 14.5 Å². The number of rotatable bonds is 5. The number of thiocarbonyl (C=S) groups is 1. The lowest BCUT2D eigenvalue weighted by molar-refractivity contribution is -0.122. The molecule has 0 bridgehead atoms. The summed E-state index contributed by atoms with van der Waals surface area (Å²) in [5, 5.41) is 3.35. The van der Waals surface area contributed by atoms with Crippen LogP contribution in [0.15, 0.2) is 47.4 Å². The molecule has 0 unspecified atom stereocenters. The molecule has 1 N–H and O–H groups in total. The molecule has 0 spiro atoms. The first-order valence-electron chi connectivity index (χ1n) is 8.70. The molecule has 2 amide bonds. The molecule has 1 fully saturated rings.